The molecule has 6 nitrogen and oxygen atoms in total. The summed E-state index contributed by atoms with van der Waals surface area (Å²) in [5.41, 5.74) is 15.8. The van der Waals surface area contributed by atoms with Gasteiger partial charge in [-0.05, 0) is 83.6 Å². The van der Waals surface area contributed by atoms with Crippen LogP contribution in [0.1, 0.15) is 33.1 Å². The molecule has 2 aliphatic heterocycles. The molecular formula is C45H32N4O2. The third kappa shape index (κ3) is 5.53. The number of aromatic amines is 2. The van der Waals surface area contributed by atoms with Crippen molar-refractivity contribution >= 4 is 40.2 Å². The van der Waals surface area contributed by atoms with E-state index in [1.54, 1.807) is 12.1 Å². The molecule has 0 unspecified atom stereocenters. The fourth-order valence-corrected chi connectivity index (χ4v) is 7.32. The summed E-state index contributed by atoms with van der Waals surface area (Å²) in [4.78, 5) is 30.1. The third-order valence-electron chi connectivity index (χ3n) is 9.66. The van der Waals surface area contributed by atoms with Crippen LogP contribution in [0.2, 0.25) is 0 Å². The fraction of sp³-hybridized carbons (Fsp3) is 0.0444. The van der Waals surface area contributed by atoms with Crippen LogP contribution in [-0.4, -0.2) is 31.0 Å². The highest BCUT2D eigenvalue weighted by atomic mass is 16.4. The Hall–Kier alpha value is -6.79. The van der Waals surface area contributed by atoms with E-state index in [9.17, 15) is 9.90 Å². The van der Waals surface area contributed by atoms with Gasteiger partial charge >= 0.3 is 5.97 Å². The number of aryl methyl sites for hydroxylation is 2. The van der Waals surface area contributed by atoms with Crippen LogP contribution in [0.3, 0.4) is 0 Å². The van der Waals surface area contributed by atoms with E-state index < -0.39 is 5.97 Å². The molecule has 0 radical (unpaired) electrons. The normalized spacial score (nSPS) is 12.2. The molecule has 0 aliphatic carbocycles. The van der Waals surface area contributed by atoms with E-state index in [1.807, 2.05) is 48.5 Å². The lowest BCUT2D eigenvalue weighted by Crippen LogP contribution is -1.95. The van der Waals surface area contributed by atoms with Crippen LogP contribution >= 0.6 is 0 Å². The molecule has 9 rings (SSSR count). The molecule has 0 saturated carbocycles. The monoisotopic (exact) mass is 660 g/mol. The molecule has 0 spiro atoms. The van der Waals surface area contributed by atoms with Crippen molar-refractivity contribution in [3.8, 4) is 44.5 Å². The molecule has 4 aromatic carbocycles. The second kappa shape index (κ2) is 12.6. The minimum atomic E-state index is -0.962. The van der Waals surface area contributed by atoms with Crippen LogP contribution in [0.5, 0.6) is 0 Å². The van der Waals surface area contributed by atoms with Crippen molar-refractivity contribution in [3.63, 3.8) is 0 Å². The largest absolute Gasteiger partial charge is 0.478 e. The van der Waals surface area contributed by atoms with Crippen molar-refractivity contribution in [1.82, 2.24) is 19.9 Å². The fourth-order valence-electron chi connectivity index (χ4n) is 7.32. The molecule has 2 aliphatic rings. The van der Waals surface area contributed by atoms with Gasteiger partial charge in [0.15, 0.2) is 0 Å². The summed E-state index contributed by atoms with van der Waals surface area (Å²) in [7, 11) is 0. The Morgan fingerprint density at radius 2 is 0.824 bits per heavy atom. The van der Waals surface area contributed by atoms with Gasteiger partial charge in [0.2, 0.25) is 0 Å². The first-order valence-corrected chi connectivity index (χ1v) is 17.1. The van der Waals surface area contributed by atoms with Gasteiger partial charge < -0.3 is 15.1 Å². The number of carbonyl (C=O) groups is 1. The van der Waals surface area contributed by atoms with Crippen molar-refractivity contribution in [3.05, 3.63) is 168 Å². The second-order valence-electron chi connectivity index (χ2n) is 12.8. The molecule has 0 amide bonds. The predicted octanol–water partition coefficient (Wildman–Crippen LogP) is 10.6. The summed E-state index contributed by atoms with van der Waals surface area (Å²) >= 11 is 0. The van der Waals surface area contributed by atoms with E-state index in [0.717, 1.165) is 102 Å². The van der Waals surface area contributed by atoms with Crippen molar-refractivity contribution in [2.45, 2.75) is 12.8 Å². The summed E-state index contributed by atoms with van der Waals surface area (Å²) in [5, 5.41) is 9.64. The van der Waals surface area contributed by atoms with Crippen LogP contribution < -0.4 is 0 Å². The van der Waals surface area contributed by atoms with Gasteiger partial charge in [-0.15, -0.1) is 0 Å². The van der Waals surface area contributed by atoms with Gasteiger partial charge in [-0.1, -0.05) is 103 Å². The third-order valence-corrected chi connectivity index (χ3v) is 9.66. The standard InChI is InChI=1S/C45H32N4O2/c50-45(51)32-18-16-31(17-19-32)44-39-26-24-37(48-39)42(29-12-6-2-7-13-29)35-22-20-33(46-35)41(28-10-4-1-5-11-28)34-21-23-36(47-34)43(30-14-8-3-9-15-30)38-25-27-40(44)49-38/h1-20,22,24-27,46,49H,21,23H2,(H,50,51). The molecule has 0 saturated heterocycles. The highest BCUT2D eigenvalue weighted by Gasteiger charge is 2.21. The van der Waals surface area contributed by atoms with Gasteiger partial charge in [0.05, 0.1) is 28.3 Å². The van der Waals surface area contributed by atoms with Gasteiger partial charge in [-0.3, -0.25) is 4.98 Å². The van der Waals surface area contributed by atoms with E-state index in [1.165, 1.54) is 0 Å². The molecule has 244 valence electrons. The van der Waals surface area contributed by atoms with E-state index >= 15 is 0 Å². The first-order chi connectivity index (χ1) is 25.1. The molecule has 8 bridgehead atoms. The number of rotatable bonds is 5. The Morgan fingerprint density at radius 1 is 0.451 bits per heavy atom. The number of carboxylic acids is 1. The number of nitrogens with zero attached hydrogens (tertiary/aromatic N) is 2. The topological polar surface area (TPSA) is 94.7 Å². The first-order valence-electron chi connectivity index (χ1n) is 17.1. The minimum Gasteiger partial charge on any atom is -0.478 e. The summed E-state index contributed by atoms with van der Waals surface area (Å²) in [6.07, 6.45) is 5.71. The number of fused-ring (bicyclic) bond motifs is 8. The molecule has 51 heavy (non-hydrogen) atoms. The number of aromatic carboxylic acids is 1. The number of aromatic nitrogens is 4. The average Bonchev–Trinajstić information content (AvgIpc) is 4.01. The second-order valence-corrected chi connectivity index (χ2v) is 12.8. The van der Waals surface area contributed by atoms with E-state index in [2.05, 4.69) is 101 Å². The zero-order chi connectivity index (χ0) is 34.3. The molecule has 6 heteroatoms. The molecular weight excluding hydrogens is 629 g/mol. The minimum absolute atomic E-state index is 0.232. The van der Waals surface area contributed by atoms with Crippen molar-refractivity contribution < 1.29 is 9.90 Å². The number of nitrogens with one attached hydrogen (secondary N) is 2. The Balaban J connectivity index is 1.46. The van der Waals surface area contributed by atoms with E-state index in [0.29, 0.717) is 0 Å². The highest BCUT2D eigenvalue weighted by molar-refractivity contribution is 5.98. The zero-order valence-corrected chi connectivity index (χ0v) is 27.6. The van der Waals surface area contributed by atoms with Crippen LogP contribution in [-0.2, 0) is 12.8 Å². The van der Waals surface area contributed by atoms with Gasteiger partial charge in [-0.25, -0.2) is 9.78 Å². The number of hydrogen-bond acceptors (Lipinski definition) is 3. The number of hydrogen-bond donors (Lipinski definition) is 3. The lowest BCUT2D eigenvalue weighted by Gasteiger charge is -2.07. The molecule has 0 atom stereocenters. The number of H-pyrrole nitrogens is 2. The van der Waals surface area contributed by atoms with Crippen molar-refractivity contribution in [2.75, 3.05) is 0 Å². The maximum atomic E-state index is 11.8. The van der Waals surface area contributed by atoms with Crippen molar-refractivity contribution in [1.29, 1.82) is 0 Å². The van der Waals surface area contributed by atoms with Gasteiger partial charge in [0.25, 0.3) is 0 Å². The highest BCUT2D eigenvalue weighted by Crippen LogP contribution is 2.38. The SMILES string of the molecule is O=C(O)c1ccc(-c2c3nc(c(-c4ccccc4)c4ccc([nH]4)c(-c4ccccc4)c4nc(c(-c5ccccc5)c5ccc2[nH]5)CC4)C=C3)cc1. The van der Waals surface area contributed by atoms with Crippen LogP contribution in [0.4, 0.5) is 0 Å². The lowest BCUT2D eigenvalue weighted by molar-refractivity contribution is 0.0697. The van der Waals surface area contributed by atoms with Crippen molar-refractivity contribution in [2.24, 2.45) is 0 Å². The van der Waals surface area contributed by atoms with E-state index in [-0.39, 0.29) is 5.56 Å². The maximum absolute atomic E-state index is 11.8. The summed E-state index contributed by atoms with van der Waals surface area (Å²) < 4.78 is 0. The van der Waals surface area contributed by atoms with E-state index in [4.69, 9.17) is 9.97 Å². The van der Waals surface area contributed by atoms with Crippen LogP contribution in [0, 0.1) is 0 Å². The Kier molecular flexibility index (Phi) is 7.47. The summed E-state index contributed by atoms with van der Waals surface area (Å²) in [6.45, 7) is 0. The first kappa shape index (κ1) is 30.3. The molecule has 5 heterocycles. The van der Waals surface area contributed by atoms with Gasteiger partial charge in [0.1, 0.15) is 0 Å². The molecule has 3 N–H and O–H groups in total. The van der Waals surface area contributed by atoms with Crippen LogP contribution in [0.15, 0.2) is 140 Å². The smallest absolute Gasteiger partial charge is 0.335 e. The zero-order valence-electron chi connectivity index (χ0n) is 27.6. The number of benzene rings is 4. The van der Waals surface area contributed by atoms with Gasteiger partial charge in [0, 0.05) is 44.3 Å². The van der Waals surface area contributed by atoms with Crippen LogP contribution in [0.25, 0.3) is 78.7 Å². The summed E-state index contributed by atoms with van der Waals surface area (Å²) in [6, 6.07) is 46.8. The lowest BCUT2D eigenvalue weighted by atomic mass is 10.0. The predicted molar refractivity (Wildman–Crippen MR) is 206 cm³/mol. The Bertz CT molecular complexity index is 2640. The van der Waals surface area contributed by atoms with Gasteiger partial charge in [-0.2, -0.15) is 0 Å². The average molecular weight is 661 g/mol. The quantitative estimate of drug-likeness (QED) is 0.171. The summed E-state index contributed by atoms with van der Waals surface area (Å²) in [5.74, 6) is -0.962. The molecule has 0 fully saturated rings. The molecule has 3 aromatic heterocycles. The Morgan fingerprint density at radius 3 is 1.24 bits per heavy atom. The number of carboxylic acid groups (broad SMARTS) is 1. The maximum Gasteiger partial charge on any atom is 0.335 e. The molecule has 7 aromatic rings. The Labute approximate surface area is 294 Å².